The Labute approximate surface area is 127 Å². The molecule has 8 heteroatoms. The van der Waals surface area contributed by atoms with Crippen molar-refractivity contribution in [1.29, 1.82) is 0 Å². The number of nitrogens with one attached hydrogen (secondary N) is 1. The second-order valence-electron chi connectivity index (χ2n) is 5.17. The Kier molecular flexibility index (Phi) is 5.22. The van der Waals surface area contributed by atoms with Crippen LogP contribution in [0.3, 0.4) is 0 Å². The third-order valence-corrected chi connectivity index (χ3v) is 4.64. The summed E-state index contributed by atoms with van der Waals surface area (Å²) >= 11 is 0.991. The first-order valence-corrected chi connectivity index (χ1v) is 7.98. The van der Waals surface area contributed by atoms with Gasteiger partial charge >= 0.3 is 0 Å². The Morgan fingerprint density at radius 3 is 2.48 bits per heavy atom. The Bertz CT molecular complexity index is 444. The summed E-state index contributed by atoms with van der Waals surface area (Å²) in [7, 11) is 0. The van der Waals surface area contributed by atoms with Crippen molar-refractivity contribution in [2.45, 2.75) is 19.8 Å². The molecule has 0 aromatic carbocycles. The van der Waals surface area contributed by atoms with E-state index in [1.54, 1.807) is 4.90 Å². The van der Waals surface area contributed by atoms with E-state index in [-0.39, 0.29) is 47.7 Å². The van der Waals surface area contributed by atoms with E-state index >= 15 is 0 Å². The average Bonchev–Trinajstić information content (AvgIpc) is 2.79. The van der Waals surface area contributed by atoms with Crippen molar-refractivity contribution in [2.24, 2.45) is 5.92 Å². The Hall–Kier alpha value is -1.57. The van der Waals surface area contributed by atoms with E-state index in [0.717, 1.165) is 11.8 Å². The summed E-state index contributed by atoms with van der Waals surface area (Å²) in [5.41, 5.74) is 0. The van der Waals surface area contributed by atoms with Crippen LogP contribution < -0.4 is 5.32 Å². The minimum atomic E-state index is -0.246. The lowest BCUT2D eigenvalue weighted by Gasteiger charge is -2.30. The zero-order valence-electron chi connectivity index (χ0n) is 12.0. The van der Waals surface area contributed by atoms with Crippen molar-refractivity contribution in [3.05, 3.63) is 0 Å². The molecule has 2 heterocycles. The zero-order valence-corrected chi connectivity index (χ0v) is 12.8. The molecule has 2 fully saturated rings. The first-order chi connectivity index (χ1) is 9.99. The molecule has 0 aliphatic carbocycles. The second-order valence-corrected chi connectivity index (χ2v) is 6.10. The SMILES string of the molecule is CC(=O)N1CCC(C(=O)NCCN2C(=O)CSC2=O)CC1. The van der Waals surface area contributed by atoms with E-state index < -0.39 is 0 Å². The van der Waals surface area contributed by atoms with E-state index in [1.165, 1.54) is 11.8 Å². The van der Waals surface area contributed by atoms with Gasteiger partial charge in [0.25, 0.3) is 5.24 Å². The van der Waals surface area contributed by atoms with E-state index in [9.17, 15) is 19.2 Å². The predicted molar refractivity (Wildman–Crippen MR) is 77.6 cm³/mol. The van der Waals surface area contributed by atoms with Gasteiger partial charge < -0.3 is 10.2 Å². The Morgan fingerprint density at radius 1 is 1.29 bits per heavy atom. The van der Waals surface area contributed by atoms with Crippen molar-refractivity contribution in [2.75, 3.05) is 31.9 Å². The molecular weight excluding hydrogens is 294 g/mol. The number of amides is 4. The summed E-state index contributed by atoms with van der Waals surface area (Å²) < 4.78 is 0. The van der Waals surface area contributed by atoms with Crippen LogP contribution in [0, 0.1) is 5.92 Å². The quantitative estimate of drug-likeness (QED) is 0.793. The topological polar surface area (TPSA) is 86.8 Å². The van der Waals surface area contributed by atoms with Gasteiger partial charge in [-0.05, 0) is 12.8 Å². The van der Waals surface area contributed by atoms with Crippen molar-refractivity contribution < 1.29 is 19.2 Å². The first-order valence-electron chi connectivity index (χ1n) is 6.99. The van der Waals surface area contributed by atoms with Crippen LogP contribution in [0.4, 0.5) is 4.79 Å². The van der Waals surface area contributed by atoms with Crippen LogP contribution in [-0.4, -0.2) is 64.7 Å². The van der Waals surface area contributed by atoms with Crippen LogP contribution in [-0.2, 0) is 14.4 Å². The summed E-state index contributed by atoms with van der Waals surface area (Å²) in [5.74, 6) is -0.132. The first kappa shape index (κ1) is 15.8. The molecule has 0 aromatic heterocycles. The maximum atomic E-state index is 12.0. The van der Waals surface area contributed by atoms with Gasteiger partial charge in [0.1, 0.15) is 0 Å². The maximum absolute atomic E-state index is 12.0. The van der Waals surface area contributed by atoms with Gasteiger partial charge in [0, 0.05) is 39.0 Å². The molecule has 0 saturated carbocycles. The molecule has 0 radical (unpaired) electrons. The molecular formula is C13H19N3O4S. The fraction of sp³-hybridized carbons (Fsp3) is 0.692. The molecule has 0 atom stereocenters. The zero-order chi connectivity index (χ0) is 15.4. The molecule has 7 nitrogen and oxygen atoms in total. The van der Waals surface area contributed by atoms with Crippen molar-refractivity contribution >= 4 is 34.7 Å². The highest BCUT2D eigenvalue weighted by Gasteiger charge is 2.30. The van der Waals surface area contributed by atoms with Gasteiger partial charge in [-0.3, -0.25) is 24.1 Å². The van der Waals surface area contributed by atoms with Crippen LogP contribution >= 0.6 is 11.8 Å². The lowest BCUT2D eigenvalue weighted by molar-refractivity contribution is -0.133. The molecule has 4 amide bonds. The maximum Gasteiger partial charge on any atom is 0.288 e. The average molecular weight is 313 g/mol. The Morgan fingerprint density at radius 2 is 1.95 bits per heavy atom. The van der Waals surface area contributed by atoms with Crippen LogP contribution in [0.15, 0.2) is 0 Å². The third kappa shape index (κ3) is 3.96. The molecule has 0 spiro atoms. The normalized spacial score (nSPS) is 20.0. The number of nitrogens with zero attached hydrogens (tertiary/aromatic N) is 2. The summed E-state index contributed by atoms with van der Waals surface area (Å²) in [6.45, 7) is 3.25. The number of hydrogen-bond donors (Lipinski definition) is 1. The minimum absolute atomic E-state index is 0.0393. The van der Waals surface area contributed by atoms with Crippen molar-refractivity contribution in [1.82, 2.24) is 15.1 Å². The molecule has 2 aliphatic heterocycles. The van der Waals surface area contributed by atoms with Gasteiger partial charge in [-0.2, -0.15) is 0 Å². The Balaban J connectivity index is 1.69. The number of rotatable bonds is 4. The van der Waals surface area contributed by atoms with Crippen LogP contribution in [0.25, 0.3) is 0 Å². The number of thioether (sulfide) groups is 1. The fourth-order valence-electron chi connectivity index (χ4n) is 2.49. The summed E-state index contributed by atoms with van der Waals surface area (Å²) in [6.07, 6.45) is 1.31. The summed E-state index contributed by atoms with van der Waals surface area (Å²) in [5, 5.41) is 2.52. The number of piperidine rings is 1. The highest BCUT2D eigenvalue weighted by Crippen LogP contribution is 2.19. The lowest BCUT2D eigenvalue weighted by atomic mass is 9.96. The molecule has 2 aliphatic rings. The van der Waals surface area contributed by atoms with Crippen molar-refractivity contribution in [3.63, 3.8) is 0 Å². The number of imide groups is 1. The number of carbonyl (C=O) groups excluding carboxylic acids is 4. The van der Waals surface area contributed by atoms with E-state index in [4.69, 9.17) is 0 Å². The third-order valence-electron chi connectivity index (χ3n) is 3.79. The van der Waals surface area contributed by atoms with E-state index in [1.807, 2.05) is 0 Å². The number of likely N-dealkylation sites (tertiary alicyclic amines) is 1. The van der Waals surface area contributed by atoms with Crippen LogP contribution in [0.1, 0.15) is 19.8 Å². The van der Waals surface area contributed by atoms with Crippen molar-refractivity contribution in [3.8, 4) is 0 Å². The monoisotopic (exact) mass is 313 g/mol. The summed E-state index contributed by atoms with van der Waals surface area (Å²) in [4.78, 5) is 48.9. The van der Waals surface area contributed by atoms with Gasteiger partial charge in [-0.15, -0.1) is 0 Å². The van der Waals surface area contributed by atoms with Crippen LogP contribution in [0.5, 0.6) is 0 Å². The second kappa shape index (κ2) is 6.93. The molecule has 1 N–H and O–H groups in total. The lowest BCUT2D eigenvalue weighted by Crippen LogP contribution is -2.44. The molecule has 2 saturated heterocycles. The number of hydrogen-bond acceptors (Lipinski definition) is 5. The van der Waals surface area contributed by atoms with Gasteiger partial charge in [-0.25, -0.2) is 0 Å². The van der Waals surface area contributed by atoms with E-state index in [0.29, 0.717) is 25.9 Å². The highest BCUT2D eigenvalue weighted by atomic mass is 32.2. The number of carbonyl (C=O) groups is 4. The highest BCUT2D eigenvalue weighted by molar-refractivity contribution is 8.14. The molecule has 0 aromatic rings. The predicted octanol–water partition coefficient (Wildman–Crippen LogP) is 0.0565. The smallest absolute Gasteiger partial charge is 0.288 e. The van der Waals surface area contributed by atoms with Gasteiger partial charge in [-0.1, -0.05) is 11.8 Å². The molecule has 0 bridgehead atoms. The van der Waals surface area contributed by atoms with Gasteiger partial charge in [0.2, 0.25) is 17.7 Å². The molecule has 21 heavy (non-hydrogen) atoms. The fourth-order valence-corrected chi connectivity index (χ4v) is 3.24. The van der Waals surface area contributed by atoms with E-state index in [2.05, 4.69) is 5.32 Å². The van der Waals surface area contributed by atoms with Crippen LogP contribution in [0.2, 0.25) is 0 Å². The summed E-state index contributed by atoms with van der Waals surface area (Å²) in [6, 6.07) is 0. The largest absolute Gasteiger partial charge is 0.354 e. The van der Waals surface area contributed by atoms with Gasteiger partial charge in [0.15, 0.2) is 0 Å². The molecule has 0 unspecified atom stereocenters. The van der Waals surface area contributed by atoms with Gasteiger partial charge in [0.05, 0.1) is 5.75 Å². The molecule has 2 rings (SSSR count). The molecule has 116 valence electrons. The standard InChI is InChI=1S/C13H19N3O4S/c1-9(17)15-5-2-10(3-6-15)12(19)14-4-7-16-11(18)8-21-13(16)20/h10H,2-8H2,1H3,(H,14,19). The minimum Gasteiger partial charge on any atom is -0.354 e.